The second kappa shape index (κ2) is 5.72. The average Bonchev–Trinajstić information content (AvgIpc) is 2.77. The summed E-state index contributed by atoms with van der Waals surface area (Å²) in [6, 6.07) is 1.59. The van der Waals surface area contributed by atoms with Gasteiger partial charge in [0.05, 0.1) is 11.9 Å². The number of rotatable bonds is 5. The van der Waals surface area contributed by atoms with Crippen molar-refractivity contribution in [2.45, 2.75) is 38.8 Å². The molecule has 0 aliphatic carbocycles. The molecule has 0 aliphatic rings. The SMILES string of the molecule is CCCn1cc(S(=O)(=O)Nc2cc(C)c(N)cn2)nc1C. The van der Waals surface area contributed by atoms with Crippen molar-refractivity contribution in [3.8, 4) is 0 Å². The molecule has 0 saturated carbocycles. The highest BCUT2D eigenvalue weighted by atomic mass is 32.2. The predicted molar refractivity (Wildman–Crippen MR) is 81.4 cm³/mol. The van der Waals surface area contributed by atoms with Gasteiger partial charge in [0, 0.05) is 12.7 Å². The molecule has 0 saturated heterocycles. The molecule has 8 heteroatoms. The lowest BCUT2D eigenvalue weighted by atomic mass is 10.2. The van der Waals surface area contributed by atoms with Crippen LogP contribution in [-0.4, -0.2) is 23.0 Å². The van der Waals surface area contributed by atoms with Crippen LogP contribution in [0, 0.1) is 13.8 Å². The minimum atomic E-state index is -3.75. The Labute approximate surface area is 124 Å². The first kappa shape index (κ1) is 15.3. The molecule has 2 aromatic rings. The van der Waals surface area contributed by atoms with Gasteiger partial charge in [-0.3, -0.25) is 4.72 Å². The fourth-order valence-corrected chi connectivity index (χ4v) is 2.90. The summed E-state index contributed by atoms with van der Waals surface area (Å²) < 4.78 is 28.8. The Morgan fingerprint density at radius 3 is 2.71 bits per heavy atom. The first-order valence-corrected chi connectivity index (χ1v) is 8.10. The zero-order chi connectivity index (χ0) is 15.6. The largest absolute Gasteiger partial charge is 0.397 e. The third-order valence-corrected chi connectivity index (χ3v) is 4.31. The first-order chi connectivity index (χ1) is 9.83. The predicted octanol–water partition coefficient (Wildman–Crippen LogP) is 1.69. The second-order valence-corrected chi connectivity index (χ2v) is 6.48. The van der Waals surface area contributed by atoms with Gasteiger partial charge < -0.3 is 10.3 Å². The third-order valence-electron chi connectivity index (χ3n) is 3.08. The van der Waals surface area contributed by atoms with Crippen molar-refractivity contribution in [1.82, 2.24) is 14.5 Å². The van der Waals surface area contributed by atoms with Crippen molar-refractivity contribution in [2.75, 3.05) is 10.5 Å². The van der Waals surface area contributed by atoms with Crippen LogP contribution in [-0.2, 0) is 16.6 Å². The molecule has 21 heavy (non-hydrogen) atoms. The molecular formula is C13H19N5O2S. The number of anilines is 2. The minimum Gasteiger partial charge on any atom is -0.397 e. The van der Waals surface area contributed by atoms with Gasteiger partial charge in [0.15, 0.2) is 5.03 Å². The number of nitrogens with two attached hydrogens (primary N) is 1. The number of nitrogen functional groups attached to an aromatic ring is 1. The highest BCUT2D eigenvalue weighted by molar-refractivity contribution is 7.92. The molecular weight excluding hydrogens is 290 g/mol. The van der Waals surface area contributed by atoms with E-state index < -0.39 is 10.0 Å². The number of sulfonamides is 1. The van der Waals surface area contributed by atoms with Crippen LogP contribution in [0.2, 0.25) is 0 Å². The smallest absolute Gasteiger partial charge is 0.282 e. The number of aryl methyl sites for hydroxylation is 3. The summed E-state index contributed by atoms with van der Waals surface area (Å²) in [6.45, 7) is 6.32. The van der Waals surface area contributed by atoms with E-state index in [0.29, 0.717) is 11.5 Å². The lowest BCUT2D eigenvalue weighted by Gasteiger charge is -2.06. The summed E-state index contributed by atoms with van der Waals surface area (Å²) in [6.07, 6.45) is 3.86. The molecule has 2 aromatic heterocycles. The normalized spacial score (nSPS) is 11.6. The van der Waals surface area contributed by atoms with Gasteiger partial charge >= 0.3 is 0 Å². The average molecular weight is 309 g/mol. The van der Waals surface area contributed by atoms with Crippen molar-refractivity contribution >= 4 is 21.5 Å². The van der Waals surface area contributed by atoms with Gasteiger partial charge in [-0.05, 0) is 31.9 Å². The number of aromatic nitrogens is 3. The van der Waals surface area contributed by atoms with Crippen LogP contribution in [0.15, 0.2) is 23.5 Å². The molecule has 3 N–H and O–H groups in total. The standard InChI is InChI=1S/C13H19N5O2S/c1-4-5-18-8-13(16-10(18)3)21(19,20)17-12-6-9(2)11(14)7-15-12/h6-8H,4-5,14H2,1-3H3,(H,15,17). The highest BCUT2D eigenvalue weighted by Gasteiger charge is 2.20. The molecule has 2 heterocycles. The number of hydrogen-bond donors (Lipinski definition) is 2. The quantitative estimate of drug-likeness (QED) is 0.874. The van der Waals surface area contributed by atoms with Crippen LogP contribution in [0.25, 0.3) is 0 Å². The first-order valence-electron chi connectivity index (χ1n) is 6.62. The van der Waals surface area contributed by atoms with Crippen LogP contribution in [0.4, 0.5) is 11.5 Å². The Morgan fingerprint density at radius 1 is 1.38 bits per heavy atom. The Morgan fingerprint density at radius 2 is 2.10 bits per heavy atom. The Hall–Kier alpha value is -2.09. The number of nitrogens with zero attached hydrogens (tertiary/aromatic N) is 3. The molecule has 0 spiro atoms. The maximum absolute atomic E-state index is 12.3. The zero-order valence-electron chi connectivity index (χ0n) is 12.3. The van der Waals surface area contributed by atoms with Crippen molar-refractivity contribution in [2.24, 2.45) is 0 Å². The van der Waals surface area contributed by atoms with Crippen LogP contribution in [0.1, 0.15) is 24.7 Å². The maximum atomic E-state index is 12.3. The fourth-order valence-electron chi connectivity index (χ4n) is 1.89. The minimum absolute atomic E-state index is 0.00951. The van der Waals surface area contributed by atoms with E-state index in [1.807, 2.05) is 11.5 Å². The molecule has 0 bridgehead atoms. The van der Waals surface area contributed by atoms with Gasteiger partial charge in [-0.1, -0.05) is 6.92 Å². The van der Waals surface area contributed by atoms with Crippen LogP contribution >= 0.6 is 0 Å². The van der Waals surface area contributed by atoms with E-state index in [1.54, 1.807) is 19.9 Å². The van der Waals surface area contributed by atoms with Gasteiger partial charge in [-0.15, -0.1) is 0 Å². The Balaban J connectivity index is 2.29. The molecule has 0 aliphatic heterocycles. The van der Waals surface area contributed by atoms with Crippen molar-refractivity contribution in [3.05, 3.63) is 29.8 Å². The van der Waals surface area contributed by atoms with E-state index in [1.165, 1.54) is 12.4 Å². The van der Waals surface area contributed by atoms with Crippen LogP contribution < -0.4 is 10.5 Å². The lowest BCUT2D eigenvalue weighted by Crippen LogP contribution is -2.14. The Kier molecular flexibility index (Phi) is 4.17. The number of nitrogens with one attached hydrogen (secondary N) is 1. The van der Waals surface area contributed by atoms with Crippen molar-refractivity contribution in [1.29, 1.82) is 0 Å². The number of hydrogen-bond acceptors (Lipinski definition) is 5. The van der Waals surface area contributed by atoms with E-state index in [4.69, 9.17) is 5.73 Å². The maximum Gasteiger partial charge on any atom is 0.282 e. The topological polar surface area (TPSA) is 103 Å². The molecule has 0 radical (unpaired) electrons. The molecule has 0 fully saturated rings. The number of pyridine rings is 1. The van der Waals surface area contributed by atoms with E-state index in [-0.39, 0.29) is 10.8 Å². The fraction of sp³-hybridized carbons (Fsp3) is 0.385. The van der Waals surface area contributed by atoms with Gasteiger partial charge in [0.2, 0.25) is 0 Å². The van der Waals surface area contributed by atoms with Crippen LogP contribution in [0.5, 0.6) is 0 Å². The van der Waals surface area contributed by atoms with Gasteiger partial charge in [-0.2, -0.15) is 8.42 Å². The van der Waals surface area contributed by atoms with Crippen molar-refractivity contribution < 1.29 is 8.42 Å². The van der Waals surface area contributed by atoms with E-state index in [2.05, 4.69) is 14.7 Å². The molecule has 0 aromatic carbocycles. The monoisotopic (exact) mass is 309 g/mol. The summed E-state index contributed by atoms with van der Waals surface area (Å²) in [5, 5.41) is -0.00951. The van der Waals surface area contributed by atoms with Gasteiger partial charge in [0.1, 0.15) is 11.6 Å². The molecule has 2 rings (SSSR count). The summed E-state index contributed by atoms with van der Waals surface area (Å²) in [7, 11) is -3.75. The number of imidazole rings is 1. The van der Waals surface area contributed by atoms with Gasteiger partial charge in [0.25, 0.3) is 10.0 Å². The van der Waals surface area contributed by atoms with Gasteiger partial charge in [-0.25, -0.2) is 9.97 Å². The molecule has 0 atom stereocenters. The summed E-state index contributed by atoms with van der Waals surface area (Å²) in [5.41, 5.74) is 6.94. The summed E-state index contributed by atoms with van der Waals surface area (Å²) in [4.78, 5) is 8.06. The third kappa shape index (κ3) is 3.33. The zero-order valence-corrected chi connectivity index (χ0v) is 13.1. The van der Waals surface area contributed by atoms with E-state index >= 15 is 0 Å². The molecule has 0 unspecified atom stereocenters. The second-order valence-electron chi connectivity index (χ2n) is 4.85. The lowest BCUT2D eigenvalue weighted by molar-refractivity contribution is 0.597. The van der Waals surface area contributed by atoms with E-state index in [9.17, 15) is 8.42 Å². The highest BCUT2D eigenvalue weighted by Crippen LogP contribution is 2.17. The van der Waals surface area contributed by atoms with Crippen molar-refractivity contribution in [3.63, 3.8) is 0 Å². The van der Waals surface area contributed by atoms with E-state index in [0.717, 1.165) is 18.5 Å². The van der Waals surface area contributed by atoms with Crippen LogP contribution in [0.3, 0.4) is 0 Å². The summed E-state index contributed by atoms with van der Waals surface area (Å²) >= 11 is 0. The molecule has 0 amide bonds. The summed E-state index contributed by atoms with van der Waals surface area (Å²) in [5.74, 6) is 0.892. The molecule has 114 valence electrons. The Bertz CT molecular complexity index is 752. The molecule has 7 nitrogen and oxygen atoms in total.